The average Bonchev–Trinajstić information content (AvgIpc) is 2.68. The minimum atomic E-state index is -0.710. The van der Waals surface area contributed by atoms with Gasteiger partial charge in [0.25, 0.3) is 5.43 Å². The Labute approximate surface area is 147 Å². The fourth-order valence-corrected chi connectivity index (χ4v) is 2.73. The van der Waals surface area contributed by atoms with Crippen molar-refractivity contribution in [2.45, 2.75) is 0 Å². The lowest BCUT2D eigenvalue weighted by Gasteiger charge is -2.10. The van der Waals surface area contributed by atoms with Gasteiger partial charge in [-0.3, -0.25) is 19.5 Å². The summed E-state index contributed by atoms with van der Waals surface area (Å²) in [6.07, 6.45) is 2.56. The Kier molecular flexibility index (Phi) is 3.74. The van der Waals surface area contributed by atoms with Gasteiger partial charge in [-0.25, -0.2) is 9.97 Å². The molecular formula is C19H12N4O3. The van der Waals surface area contributed by atoms with E-state index in [2.05, 4.69) is 9.97 Å². The van der Waals surface area contributed by atoms with Crippen LogP contribution in [0.2, 0.25) is 0 Å². The van der Waals surface area contributed by atoms with Crippen molar-refractivity contribution < 1.29 is 4.92 Å². The number of aromatic nitrogens is 3. The standard InChI is InChI=1S/C19H12N4O3/c24-17-10-11-22(12-16(17)23(25)26)19-20-15-9-5-4-8-14(15)18(21-19)13-6-2-1-3-7-13/h1-12H. The first kappa shape index (κ1) is 15.6. The highest BCUT2D eigenvalue weighted by Gasteiger charge is 2.15. The molecule has 126 valence electrons. The predicted molar refractivity (Wildman–Crippen MR) is 97.2 cm³/mol. The van der Waals surface area contributed by atoms with Crippen molar-refractivity contribution in [1.29, 1.82) is 0 Å². The zero-order valence-corrected chi connectivity index (χ0v) is 13.4. The summed E-state index contributed by atoms with van der Waals surface area (Å²) in [7, 11) is 0. The molecule has 0 aliphatic rings. The van der Waals surface area contributed by atoms with Crippen LogP contribution in [-0.2, 0) is 0 Å². The Morgan fingerprint density at radius 3 is 2.42 bits per heavy atom. The smallest absolute Gasteiger partial charge is 0.286 e. The maximum absolute atomic E-state index is 11.6. The number of nitro groups is 1. The zero-order chi connectivity index (χ0) is 18.1. The number of fused-ring (bicyclic) bond motifs is 1. The minimum absolute atomic E-state index is 0.255. The number of benzene rings is 2. The van der Waals surface area contributed by atoms with Gasteiger partial charge in [-0.15, -0.1) is 0 Å². The van der Waals surface area contributed by atoms with Crippen LogP contribution in [0, 0.1) is 10.1 Å². The van der Waals surface area contributed by atoms with Gasteiger partial charge in [0, 0.05) is 23.2 Å². The highest BCUT2D eigenvalue weighted by molar-refractivity contribution is 5.92. The van der Waals surface area contributed by atoms with Gasteiger partial charge in [-0.1, -0.05) is 48.5 Å². The number of rotatable bonds is 3. The molecule has 26 heavy (non-hydrogen) atoms. The molecular weight excluding hydrogens is 332 g/mol. The SMILES string of the molecule is O=c1ccn(-c2nc(-c3ccccc3)c3ccccc3n2)cc1[N+](=O)[O-]. The molecule has 0 spiro atoms. The van der Waals surface area contributed by atoms with Crippen LogP contribution in [0.3, 0.4) is 0 Å². The van der Waals surface area contributed by atoms with Gasteiger partial charge in [-0.05, 0) is 6.07 Å². The first-order valence-electron chi connectivity index (χ1n) is 7.83. The first-order valence-corrected chi connectivity index (χ1v) is 7.83. The number of hydrogen-bond donors (Lipinski definition) is 0. The quantitative estimate of drug-likeness (QED) is 0.420. The van der Waals surface area contributed by atoms with Crippen molar-refractivity contribution in [3.05, 3.63) is 93.4 Å². The monoisotopic (exact) mass is 344 g/mol. The summed E-state index contributed by atoms with van der Waals surface area (Å²) >= 11 is 0. The Hall–Kier alpha value is -3.87. The molecule has 0 saturated carbocycles. The second kappa shape index (κ2) is 6.21. The number of nitrogens with zero attached hydrogens (tertiary/aromatic N) is 4. The van der Waals surface area contributed by atoms with E-state index in [-0.39, 0.29) is 5.95 Å². The van der Waals surface area contributed by atoms with Gasteiger partial charge in [0.05, 0.1) is 22.3 Å². The normalized spacial score (nSPS) is 10.8. The van der Waals surface area contributed by atoms with Crippen LogP contribution in [0.1, 0.15) is 0 Å². The molecule has 2 aromatic heterocycles. The molecule has 0 unspecified atom stereocenters. The summed E-state index contributed by atoms with van der Waals surface area (Å²) in [6.45, 7) is 0. The lowest BCUT2D eigenvalue weighted by Crippen LogP contribution is -2.12. The van der Waals surface area contributed by atoms with Gasteiger partial charge >= 0.3 is 5.69 Å². The van der Waals surface area contributed by atoms with E-state index in [1.54, 1.807) is 0 Å². The Morgan fingerprint density at radius 2 is 1.65 bits per heavy atom. The Balaban J connectivity index is 1.99. The van der Waals surface area contributed by atoms with Crippen LogP contribution >= 0.6 is 0 Å². The second-order valence-corrected chi connectivity index (χ2v) is 5.61. The molecule has 0 fully saturated rings. The first-order chi connectivity index (χ1) is 12.6. The highest BCUT2D eigenvalue weighted by Crippen LogP contribution is 2.26. The summed E-state index contributed by atoms with van der Waals surface area (Å²) in [5.74, 6) is 0.255. The molecule has 0 atom stereocenters. The summed E-state index contributed by atoms with van der Waals surface area (Å²) < 4.78 is 1.39. The van der Waals surface area contributed by atoms with E-state index in [0.29, 0.717) is 11.2 Å². The van der Waals surface area contributed by atoms with Crippen molar-refractivity contribution in [2.75, 3.05) is 0 Å². The van der Waals surface area contributed by atoms with E-state index in [9.17, 15) is 14.9 Å². The molecule has 0 saturated heterocycles. The maximum Gasteiger partial charge on any atom is 0.332 e. The zero-order valence-electron chi connectivity index (χ0n) is 13.4. The van der Waals surface area contributed by atoms with Crippen molar-refractivity contribution in [3.63, 3.8) is 0 Å². The summed E-state index contributed by atoms with van der Waals surface area (Å²) in [5, 5.41) is 11.9. The molecule has 0 aliphatic heterocycles. The molecule has 4 aromatic rings. The molecule has 0 radical (unpaired) electrons. The van der Waals surface area contributed by atoms with Crippen molar-refractivity contribution in [3.8, 4) is 17.2 Å². The minimum Gasteiger partial charge on any atom is -0.286 e. The largest absolute Gasteiger partial charge is 0.332 e. The lowest BCUT2D eigenvalue weighted by molar-refractivity contribution is -0.386. The fraction of sp³-hybridized carbons (Fsp3) is 0. The van der Waals surface area contributed by atoms with E-state index in [4.69, 9.17) is 0 Å². The third-order valence-corrected chi connectivity index (χ3v) is 3.97. The molecule has 7 nitrogen and oxygen atoms in total. The molecule has 2 aromatic carbocycles. The average molecular weight is 344 g/mol. The van der Waals surface area contributed by atoms with Crippen molar-refractivity contribution in [1.82, 2.24) is 14.5 Å². The number of hydrogen-bond acceptors (Lipinski definition) is 5. The van der Waals surface area contributed by atoms with Gasteiger partial charge in [0.1, 0.15) is 0 Å². The van der Waals surface area contributed by atoms with Crippen LogP contribution in [0.15, 0.2) is 77.9 Å². The van der Waals surface area contributed by atoms with Crippen molar-refractivity contribution in [2.24, 2.45) is 0 Å². The summed E-state index contributed by atoms with van der Waals surface area (Å²) in [6, 6.07) is 18.3. The molecule has 4 rings (SSSR count). The fourth-order valence-electron chi connectivity index (χ4n) is 2.73. The molecule has 0 bridgehead atoms. The summed E-state index contributed by atoms with van der Waals surface area (Å²) in [4.78, 5) is 31.1. The van der Waals surface area contributed by atoms with Crippen LogP contribution < -0.4 is 5.43 Å². The molecule has 0 amide bonds. The van der Waals surface area contributed by atoms with E-state index < -0.39 is 16.0 Å². The van der Waals surface area contributed by atoms with E-state index >= 15 is 0 Å². The van der Waals surface area contributed by atoms with Crippen LogP contribution in [0.5, 0.6) is 0 Å². The van der Waals surface area contributed by atoms with Gasteiger partial charge < -0.3 is 0 Å². The van der Waals surface area contributed by atoms with E-state index in [1.165, 1.54) is 10.8 Å². The van der Waals surface area contributed by atoms with Crippen LogP contribution in [-0.4, -0.2) is 19.5 Å². The molecule has 0 aliphatic carbocycles. The van der Waals surface area contributed by atoms with Gasteiger partial charge in [0.15, 0.2) is 0 Å². The molecule has 2 heterocycles. The number of para-hydroxylation sites is 1. The van der Waals surface area contributed by atoms with E-state index in [1.807, 2.05) is 54.6 Å². The van der Waals surface area contributed by atoms with Crippen molar-refractivity contribution >= 4 is 16.6 Å². The Bertz CT molecular complexity index is 1190. The van der Waals surface area contributed by atoms with Gasteiger partial charge in [-0.2, -0.15) is 0 Å². The topological polar surface area (TPSA) is 90.9 Å². The number of pyridine rings is 1. The van der Waals surface area contributed by atoms with E-state index in [0.717, 1.165) is 23.2 Å². The maximum atomic E-state index is 11.6. The van der Waals surface area contributed by atoms with Crippen LogP contribution in [0.25, 0.3) is 28.1 Å². The second-order valence-electron chi connectivity index (χ2n) is 5.61. The molecule has 0 N–H and O–H groups in total. The third-order valence-electron chi connectivity index (χ3n) is 3.97. The highest BCUT2D eigenvalue weighted by atomic mass is 16.6. The third kappa shape index (κ3) is 2.71. The Morgan fingerprint density at radius 1 is 0.923 bits per heavy atom. The predicted octanol–water partition coefficient (Wildman–Crippen LogP) is 3.36. The summed E-state index contributed by atoms with van der Waals surface area (Å²) in [5.41, 5.74) is 1.15. The lowest BCUT2D eigenvalue weighted by atomic mass is 10.1. The van der Waals surface area contributed by atoms with Gasteiger partial charge in [0.2, 0.25) is 5.95 Å². The van der Waals surface area contributed by atoms with Crippen LogP contribution in [0.4, 0.5) is 5.69 Å². The molecule has 7 heteroatoms.